The van der Waals surface area contributed by atoms with Crippen LogP contribution >= 0.6 is 15.6 Å². The molecule has 0 amide bonds. The van der Waals surface area contributed by atoms with E-state index in [-0.39, 0.29) is 25.7 Å². The number of aliphatic hydroxyl groups excluding tert-OH is 1. The molecule has 0 rings (SSSR count). The van der Waals surface area contributed by atoms with E-state index < -0.39 is 97.5 Å². The van der Waals surface area contributed by atoms with Gasteiger partial charge >= 0.3 is 39.5 Å². The van der Waals surface area contributed by atoms with E-state index in [1.54, 1.807) is 0 Å². The predicted molar refractivity (Wildman–Crippen MR) is 405 cm³/mol. The molecular weight excluding hydrogens is 1290 g/mol. The lowest BCUT2D eigenvalue weighted by molar-refractivity contribution is -0.161. The number of rotatable bonds is 79. The Balaban J connectivity index is 5.26. The SMILES string of the molecule is CCCCCCCCCCCCCCCCCCCCC(=O)O[C@H](COC(=O)CCCCCCCCCCCCCCCCC)COP(=O)(O)OC[C@@H](O)COP(=O)(O)OC[C@@H](COC(=O)CCCCCCCCCCCC(C)C)OC(=O)CCCCCCCCCCCCC(C)CC. The van der Waals surface area contributed by atoms with Crippen LogP contribution in [0, 0.1) is 11.8 Å². The number of hydrogen-bond donors (Lipinski definition) is 3. The van der Waals surface area contributed by atoms with Gasteiger partial charge in [0.25, 0.3) is 0 Å². The Hall–Kier alpha value is -1.94. The summed E-state index contributed by atoms with van der Waals surface area (Å²) in [7, 11) is -9.92. The summed E-state index contributed by atoms with van der Waals surface area (Å²) in [6.07, 6.45) is 60.9. The van der Waals surface area contributed by atoms with Crippen LogP contribution in [0.5, 0.6) is 0 Å². The summed E-state index contributed by atoms with van der Waals surface area (Å²) in [6, 6.07) is 0. The van der Waals surface area contributed by atoms with E-state index >= 15 is 0 Å². The van der Waals surface area contributed by atoms with Crippen molar-refractivity contribution in [1.82, 2.24) is 0 Å². The highest BCUT2D eigenvalue weighted by Crippen LogP contribution is 2.45. The predicted octanol–water partition coefficient (Wildman–Crippen LogP) is 23.9. The molecule has 0 saturated heterocycles. The number of unbranched alkanes of at least 4 members (excludes halogenated alkanes) is 48. The van der Waals surface area contributed by atoms with Crippen molar-refractivity contribution in [1.29, 1.82) is 0 Å². The fraction of sp³-hybridized carbons (Fsp3) is 0.950. The van der Waals surface area contributed by atoms with Crippen LogP contribution in [0.4, 0.5) is 0 Å². The molecule has 0 aromatic rings. The van der Waals surface area contributed by atoms with Gasteiger partial charge in [-0.05, 0) is 37.5 Å². The first-order chi connectivity index (χ1) is 47.9. The second-order valence-corrected chi connectivity index (χ2v) is 32.4. The van der Waals surface area contributed by atoms with E-state index in [4.69, 9.17) is 37.0 Å². The minimum atomic E-state index is -4.96. The molecule has 99 heavy (non-hydrogen) atoms. The Morgan fingerprint density at radius 3 is 0.768 bits per heavy atom. The third kappa shape index (κ3) is 72.8. The largest absolute Gasteiger partial charge is 0.472 e. The molecule has 0 aliphatic rings. The van der Waals surface area contributed by atoms with E-state index in [1.165, 1.54) is 238 Å². The number of carbonyl (C=O) groups is 4. The van der Waals surface area contributed by atoms with Crippen molar-refractivity contribution in [3.63, 3.8) is 0 Å². The molecule has 19 heteroatoms. The molecule has 0 aliphatic heterocycles. The molecule has 0 aliphatic carbocycles. The molecule has 0 saturated carbocycles. The summed E-state index contributed by atoms with van der Waals surface area (Å²) in [5.74, 6) is -0.562. The first-order valence-corrected chi connectivity index (χ1v) is 44.5. The summed E-state index contributed by atoms with van der Waals surface area (Å²) in [5.41, 5.74) is 0. The van der Waals surface area contributed by atoms with E-state index in [1.807, 2.05) is 0 Å². The number of hydrogen-bond acceptors (Lipinski definition) is 15. The van der Waals surface area contributed by atoms with Crippen LogP contribution in [0.1, 0.15) is 420 Å². The van der Waals surface area contributed by atoms with Crippen molar-refractivity contribution in [2.45, 2.75) is 439 Å². The summed E-state index contributed by atoms with van der Waals surface area (Å²) < 4.78 is 68.7. The van der Waals surface area contributed by atoms with Crippen LogP contribution in [0.2, 0.25) is 0 Å². The Morgan fingerprint density at radius 1 is 0.293 bits per heavy atom. The smallest absolute Gasteiger partial charge is 0.462 e. The topological polar surface area (TPSA) is 237 Å². The third-order valence-corrected chi connectivity index (χ3v) is 21.0. The van der Waals surface area contributed by atoms with Crippen LogP contribution in [0.25, 0.3) is 0 Å². The van der Waals surface area contributed by atoms with E-state index in [2.05, 4.69) is 41.5 Å². The zero-order valence-corrected chi connectivity index (χ0v) is 66.6. The molecular formula is C80H156O17P2. The van der Waals surface area contributed by atoms with Crippen molar-refractivity contribution in [2.75, 3.05) is 39.6 Å². The van der Waals surface area contributed by atoms with Crippen LogP contribution in [0.3, 0.4) is 0 Å². The van der Waals surface area contributed by atoms with Crippen molar-refractivity contribution < 1.29 is 80.2 Å². The maximum atomic E-state index is 13.1. The highest BCUT2D eigenvalue weighted by Gasteiger charge is 2.30. The summed E-state index contributed by atoms with van der Waals surface area (Å²) in [5, 5.41) is 10.6. The zero-order chi connectivity index (χ0) is 72.8. The van der Waals surface area contributed by atoms with Crippen LogP contribution in [0.15, 0.2) is 0 Å². The Morgan fingerprint density at radius 2 is 0.515 bits per heavy atom. The second-order valence-electron chi connectivity index (χ2n) is 29.5. The highest BCUT2D eigenvalue weighted by molar-refractivity contribution is 7.47. The fourth-order valence-corrected chi connectivity index (χ4v) is 13.9. The van der Waals surface area contributed by atoms with Gasteiger partial charge in [0, 0.05) is 25.7 Å². The van der Waals surface area contributed by atoms with Gasteiger partial charge in [-0.25, -0.2) is 9.13 Å². The van der Waals surface area contributed by atoms with E-state index in [0.717, 1.165) is 102 Å². The third-order valence-electron chi connectivity index (χ3n) is 19.1. The highest BCUT2D eigenvalue weighted by atomic mass is 31.2. The van der Waals surface area contributed by atoms with Gasteiger partial charge in [-0.15, -0.1) is 0 Å². The minimum Gasteiger partial charge on any atom is -0.462 e. The maximum Gasteiger partial charge on any atom is 0.472 e. The molecule has 0 heterocycles. The summed E-state index contributed by atoms with van der Waals surface area (Å²) >= 11 is 0. The number of phosphoric acid groups is 2. The molecule has 588 valence electrons. The van der Waals surface area contributed by atoms with Gasteiger partial charge in [-0.3, -0.25) is 37.3 Å². The monoisotopic (exact) mass is 1450 g/mol. The molecule has 0 bridgehead atoms. The van der Waals surface area contributed by atoms with E-state index in [0.29, 0.717) is 25.7 Å². The molecule has 3 N–H and O–H groups in total. The molecule has 0 radical (unpaired) electrons. The summed E-state index contributed by atoms with van der Waals surface area (Å²) in [6.45, 7) is 9.64. The van der Waals surface area contributed by atoms with Crippen LogP contribution < -0.4 is 0 Å². The standard InChI is InChI=1S/C80H156O17P2/c1-7-10-12-14-16-18-20-22-24-25-26-28-30-32-39-46-52-58-64-79(84)96-75(68-90-77(82)62-56-50-44-38-31-29-27-23-21-19-17-15-13-11-8-2)70-94-98(86,87)92-66-74(81)67-93-99(88,89)95-71-76(69-91-78(83)63-57-51-45-41-35-36-42-48-54-60-72(4)5)97-80(85)65-59-53-47-40-34-33-37-43-49-55-61-73(6)9-3/h72-76,81H,7-71H2,1-6H3,(H,86,87)(H,88,89)/t73?,74-,75-,76-/m1/s1. The fourth-order valence-electron chi connectivity index (χ4n) is 12.3. The quantitative estimate of drug-likeness (QED) is 0.0222. The molecule has 3 unspecified atom stereocenters. The van der Waals surface area contributed by atoms with Gasteiger partial charge in [0.2, 0.25) is 0 Å². The maximum absolute atomic E-state index is 13.1. The number of aliphatic hydroxyl groups is 1. The molecule has 0 spiro atoms. The Kier molecular flexibility index (Phi) is 70.3. The normalized spacial score (nSPS) is 14.2. The van der Waals surface area contributed by atoms with Crippen molar-refractivity contribution in [3.05, 3.63) is 0 Å². The lowest BCUT2D eigenvalue weighted by Gasteiger charge is -2.21. The zero-order valence-electron chi connectivity index (χ0n) is 64.8. The average molecular weight is 1450 g/mol. The Labute approximate surface area is 607 Å². The van der Waals surface area contributed by atoms with Gasteiger partial charge < -0.3 is 33.8 Å². The average Bonchev–Trinajstić information content (AvgIpc) is 1.00. The molecule has 0 aromatic carbocycles. The Bertz CT molecular complexity index is 1910. The number of carbonyl (C=O) groups excluding carboxylic acids is 4. The number of ether oxygens (including phenoxy) is 4. The molecule has 0 fully saturated rings. The van der Waals surface area contributed by atoms with Crippen LogP contribution in [-0.4, -0.2) is 96.7 Å². The lowest BCUT2D eigenvalue weighted by atomic mass is 9.99. The molecule has 17 nitrogen and oxygen atoms in total. The van der Waals surface area contributed by atoms with Gasteiger partial charge in [-0.2, -0.15) is 0 Å². The van der Waals surface area contributed by atoms with Gasteiger partial charge in [0.1, 0.15) is 19.3 Å². The minimum absolute atomic E-state index is 0.106. The van der Waals surface area contributed by atoms with Crippen molar-refractivity contribution >= 4 is 39.5 Å². The molecule has 0 aromatic heterocycles. The first kappa shape index (κ1) is 97.1. The summed E-state index contributed by atoms with van der Waals surface area (Å²) in [4.78, 5) is 73.0. The van der Waals surface area contributed by atoms with Gasteiger partial charge in [0.15, 0.2) is 12.2 Å². The number of esters is 4. The van der Waals surface area contributed by atoms with Gasteiger partial charge in [-0.1, -0.05) is 369 Å². The second kappa shape index (κ2) is 71.7. The lowest BCUT2D eigenvalue weighted by Crippen LogP contribution is -2.30. The van der Waals surface area contributed by atoms with Crippen molar-refractivity contribution in [3.8, 4) is 0 Å². The van der Waals surface area contributed by atoms with Crippen LogP contribution in [-0.2, 0) is 65.4 Å². The number of phosphoric ester groups is 2. The molecule has 6 atom stereocenters. The van der Waals surface area contributed by atoms with Gasteiger partial charge in [0.05, 0.1) is 26.4 Å². The van der Waals surface area contributed by atoms with E-state index in [9.17, 15) is 43.2 Å². The first-order valence-electron chi connectivity index (χ1n) is 41.5. The van der Waals surface area contributed by atoms with Crippen molar-refractivity contribution in [2.24, 2.45) is 11.8 Å².